The topological polar surface area (TPSA) is 52.3 Å². The van der Waals surface area contributed by atoms with Crippen LogP contribution in [0.2, 0.25) is 0 Å². The molecule has 0 unspecified atom stereocenters. The van der Waals surface area contributed by atoms with Crippen LogP contribution in [0.15, 0.2) is 0 Å². The minimum Gasteiger partial charge on any atom is -0.464 e. The van der Waals surface area contributed by atoms with Crippen molar-refractivity contribution in [1.82, 2.24) is 0 Å². The van der Waals surface area contributed by atoms with Gasteiger partial charge in [0, 0.05) is 0 Å². The van der Waals surface area contributed by atoms with Crippen LogP contribution in [-0.4, -0.2) is 18.1 Å². The van der Waals surface area contributed by atoms with Gasteiger partial charge in [-0.15, -0.1) is 0 Å². The molecule has 0 aliphatic heterocycles. The molecule has 1 fully saturated rings. The Kier molecular flexibility index (Phi) is 4.00. The van der Waals surface area contributed by atoms with E-state index in [0.29, 0.717) is 17.9 Å². The lowest BCUT2D eigenvalue weighted by atomic mass is 9.73. The van der Waals surface area contributed by atoms with Crippen molar-refractivity contribution in [2.75, 3.05) is 6.61 Å². The molecule has 0 heterocycles. The minimum absolute atomic E-state index is 0.294. The van der Waals surface area contributed by atoms with Crippen LogP contribution in [0.3, 0.4) is 0 Å². The Morgan fingerprint density at radius 1 is 1.38 bits per heavy atom. The van der Waals surface area contributed by atoms with Gasteiger partial charge in [0.15, 0.2) is 0 Å². The Hall–Kier alpha value is -0.570. The lowest BCUT2D eigenvalue weighted by Gasteiger charge is -2.34. The number of carbonyl (C=O) groups is 1. The highest BCUT2D eigenvalue weighted by atomic mass is 16.5. The molecule has 0 spiro atoms. The number of carbonyl (C=O) groups excluding carboxylic acids is 1. The summed E-state index contributed by atoms with van der Waals surface area (Å²) in [4.78, 5) is 11.5. The van der Waals surface area contributed by atoms with Gasteiger partial charge >= 0.3 is 5.97 Å². The van der Waals surface area contributed by atoms with Crippen molar-refractivity contribution in [1.29, 1.82) is 0 Å². The van der Waals surface area contributed by atoms with E-state index >= 15 is 0 Å². The highest BCUT2D eigenvalue weighted by Crippen LogP contribution is 2.37. The molecule has 0 amide bonds. The van der Waals surface area contributed by atoms with Crippen LogP contribution in [0.4, 0.5) is 0 Å². The second-order valence-electron chi connectivity index (χ2n) is 6.43. The average Bonchev–Trinajstić information content (AvgIpc) is 2.14. The third-order valence-corrected chi connectivity index (χ3v) is 3.43. The number of ether oxygens (including phenoxy) is 1. The van der Waals surface area contributed by atoms with E-state index in [1.54, 1.807) is 13.8 Å². The van der Waals surface area contributed by atoms with Gasteiger partial charge in [-0.25, -0.2) is 0 Å². The van der Waals surface area contributed by atoms with Gasteiger partial charge in [0.2, 0.25) is 0 Å². The van der Waals surface area contributed by atoms with E-state index in [1.165, 1.54) is 12.8 Å². The highest BCUT2D eigenvalue weighted by molar-refractivity contribution is 5.79. The lowest BCUT2D eigenvalue weighted by Crippen LogP contribution is -2.43. The summed E-state index contributed by atoms with van der Waals surface area (Å²) in [6, 6.07) is 0. The molecule has 1 aliphatic carbocycles. The molecule has 0 aromatic heterocycles. The summed E-state index contributed by atoms with van der Waals surface area (Å²) >= 11 is 0. The molecule has 1 aliphatic rings. The van der Waals surface area contributed by atoms with E-state index in [0.717, 1.165) is 12.8 Å². The number of nitrogens with two attached hydrogens (primary N) is 1. The third-order valence-electron chi connectivity index (χ3n) is 3.43. The maximum Gasteiger partial charge on any atom is 0.325 e. The first kappa shape index (κ1) is 13.5. The summed E-state index contributed by atoms with van der Waals surface area (Å²) in [5, 5.41) is 0. The zero-order valence-electron chi connectivity index (χ0n) is 11.0. The van der Waals surface area contributed by atoms with E-state index in [-0.39, 0.29) is 5.97 Å². The quantitative estimate of drug-likeness (QED) is 0.754. The summed E-state index contributed by atoms with van der Waals surface area (Å²) in [6.45, 7) is 8.50. The van der Waals surface area contributed by atoms with Crippen molar-refractivity contribution in [3.05, 3.63) is 0 Å². The van der Waals surface area contributed by atoms with Gasteiger partial charge in [-0.3, -0.25) is 4.79 Å². The number of hydrogen-bond acceptors (Lipinski definition) is 3. The summed E-state index contributed by atoms with van der Waals surface area (Å²) < 4.78 is 5.25. The predicted molar refractivity (Wildman–Crippen MR) is 65.0 cm³/mol. The summed E-state index contributed by atoms with van der Waals surface area (Å²) in [6.07, 6.45) is 4.76. The summed E-state index contributed by atoms with van der Waals surface area (Å²) in [5.41, 5.74) is 5.26. The van der Waals surface area contributed by atoms with Gasteiger partial charge in [-0.2, -0.15) is 0 Å². The van der Waals surface area contributed by atoms with E-state index in [1.807, 2.05) is 0 Å². The molecule has 1 saturated carbocycles. The van der Waals surface area contributed by atoms with Crippen LogP contribution in [-0.2, 0) is 9.53 Å². The molecule has 0 bridgehead atoms. The van der Waals surface area contributed by atoms with Crippen LogP contribution in [0, 0.1) is 11.3 Å². The molecular weight excluding hydrogens is 202 g/mol. The van der Waals surface area contributed by atoms with E-state index in [2.05, 4.69) is 13.8 Å². The molecular formula is C13H25NO2. The van der Waals surface area contributed by atoms with Crippen molar-refractivity contribution in [2.24, 2.45) is 17.1 Å². The van der Waals surface area contributed by atoms with Crippen LogP contribution in [0.5, 0.6) is 0 Å². The molecule has 0 saturated heterocycles. The second-order valence-corrected chi connectivity index (χ2v) is 6.43. The molecule has 94 valence electrons. The second kappa shape index (κ2) is 4.74. The third kappa shape index (κ3) is 4.12. The van der Waals surface area contributed by atoms with E-state index in [4.69, 9.17) is 10.5 Å². The zero-order valence-corrected chi connectivity index (χ0v) is 11.0. The highest BCUT2D eigenvalue weighted by Gasteiger charge is 2.29. The zero-order chi connectivity index (χ0) is 12.4. The maximum absolute atomic E-state index is 11.5. The predicted octanol–water partition coefficient (Wildman–Crippen LogP) is 2.48. The van der Waals surface area contributed by atoms with Crippen LogP contribution in [0.25, 0.3) is 0 Å². The Bertz CT molecular complexity index is 243. The Labute approximate surface area is 98.7 Å². The molecule has 3 heteroatoms. The van der Waals surface area contributed by atoms with Crippen molar-refractivity contribution in [2.45, 2.75) is 58.9 Å². The Morgan fingerprint density at radius 2 is 1.88 bits per heavy atom. The Balaban J connectivity index is 2.28. The number of esters is 1. The molecule has 0 atom stereocenters. The SMILES string of the molecule is CC1(C)CCC(COC(=O)C(C)(C)N)CC1. The fraction of sp³-hybridized carbons (Fsp3) is 0.923. The van der Waals surface area contributed by atoms with E-state index < -0.39 is 5.54 Å². The van der Waals surface area contributed by atoms with Crippen molar-refractivity contribution >= 4 is 5.97 Å². The normalized spacial score (nSPS) is 21.8. The van der Waals surface area contributed by atoms with Gasteiger partial charge in [0.1, 0.15) is 5.54 Å². The van der Waals surface area contributed by atoms with Gasteiger partial charge < -0.3 is 10.5 Å². The number of rotatable bonds is 3. The molecule has 0 aromatic carbocycles. The minimum atomic E-state index is -0.867. The fourth-order valence-corrected chi connectivity index (χ4v) is 2.01. The molecule has 0 radical (unpaired) electrons. The largest absolute Gasteiger partial charge is 0.464 e. The summed E-state index contributed by atoms with van der Waals surface area (Å²) in [5.74, 6) is 0.233. The van der Waals surface area contributed by atoms with Gasteiger partial charge in [0.25, 0.3) is 0 Å². The number of hydrogen-bond donors (Lipinski definition) is 1. The first-order valence-electron chi connectivity index (χ1n) is 6.17. The van der Waals surface area contributed by atoms with Gasteiger partial charge in [-0.05, 0) is 50.9 Å². The lowest BCUT2D eigenvalue weighted by molar-refractivity contribution is -0.150. The van der Waals surface area contributed by atoms with Gasteiger partial charge in [-0.1, -0.05) is 13.8 Å². The first-order valence-corrected chi connectivity index (χ1v) is 6.17. The molecule has 1 rings (SSSR count). The Morgan fingerprint density at radius 3 is 2.31 bits per heavy atom. The van der Waals surface area contributed by atoms with Crippen LogP contribution in [0.1, 0.15) is 53.4 Å². The average molecular weight is 227 g/mol. The molecule has 2 N–H and O–H groups in total. The smallest absolute Gasteiger partial charge is 0.325 e. The van der Waals surface area contributed by atoms with E-state index in [9.17, 15) is 4.79 Å². The standard InChI is InChI=1S/C13H25NO2/c1-12(2)7-5-10(6-8-12)9-16-11(15)13(3,4)14/h10H,5-9,14H2,1-4H3. The summed E-state index contributed by atoms with van der Waals surface area (Å²) in [7, 11) is 0. The fourth-order valence-electron chi connectivity index (χ4n) is 2.01. The molecule has 0 aromatic rings. The molecule has 3 nitrogen and oxygen atoms in total. The van der Waals surface area contributed by atoms with Crippen molar-refractivity contribution < 1.29 is 9.53 Å². The first-order chi connectivity index (χ1) is 7.21. The van der Waals surface area contributed by atoms with Crippen LogP contribution >= 0.6 is 0 Å². The van der Waals surface area contributed by atoms with Crippen molar-refractivity contribution in [3.63, 3.8) is 0 Å². The van der Waals surface area contributed by atoms with Gasteiger partial charge in [0.05, 0.1) is 6.61 Å². The monoisotopic (exact) mass is 227 g/mol. The van der Waals surface area contributed by atoms with Crippen molar-refractivity contribution in [3.8, 4) is 0 Å². The maximum atomic E-state index is 11.5. The molecule has 16 heavy (non-hydrogen) atoms. The van der Waals surface area contributed by atoms with Crippen LogP contribution < -0.4 is 5.73 Å².